The van der Waals surface area contributed by atoms with E-state index in [0.717, 1.165) is 52.0 Å². The molecule has 0 saturated carbocycles. The normalized spacial score (nSPS) is 13.9. The first-order valence-electron chi connectivity index (χ1n) is 11.7. The quantitative estimate of drug-likeness (QED) is 0.305. The smallest absolute Gasteiger partial charge is 0.130 e. The monoisotopic (exact) mass is 444 g/mol. The van der Waals surface area contributed by atoms with Crippen LogP contribution in [0.15, 0.2) is 115 Å². The maximum atomic E-state index is 11.6. The molecule has 2 heteroatoms. The van der Waals surface area contributed by atoms with Gasteiger partial charge in [-0.2, -0.15) is 0 Å². The molecule has 1 aliphatic carbocycles. The van der Waals surface area contributed by atoms with Crippen LogP contribution in [0.25, 0.3) is 16.7 Å². The molecule has 0 aromatic heterocycles. The molecule has 5 rings (SSSR count). The van der Waals surface area contributed by atoms with E-state index in [1.165, 1.54) is 5.57 Å². The molecule has 1 N–H and O–H groups in total. The third kappa shape index (κ3) is 4.15. The molecule has 0 fully saturated rings. The van der Waals surface area contributed by atoms with E-state index in [-0.39, 0.29) is 5.92 Å². The molecule has 4 aromatic rings. The molecular weight excluding hydrogens is 416 g/mol. The van der Waals surface area contributed by atoms with Gasteiger partial charge in [0.05, 0.1) is 7.11 Å². The summed E-state index contributed by atoms with van der Waals surface area (Å²) >= 11 is 0. The zero-order valence-electron chi connectivity index (χ0n) is 19.3. The van der Waals surface area contributed by atoms with Crippen molar-refractivity contribution in [3.63, 3.8) is 0 Å². The second kappa shape index (κ2) is 9.84. The number of benzene rings is 4. The average molecular weight is 445 g/mol. The van der Waals surface area contributed by atoms with Gasteiger partial charge in [0.1, 0.15) is 11.5 Å². The number of allylic oxidation sites excluding steroid dienone is 4. The second-order valence-electron chi connectivity index (χ2n) is 8.52. The standard InChI is InChI=1S/C32H28O2/c1-34-32-27(24-15-7-3-8-16-24)20-12-22-29(32)30(25-17-9-4-10-18-25)28-21-11-19-26(31(28)33)23-13-5-2-6-14-23/h2,4-7,9-22,30,33H,3,8H2,1H3. The topological polar surface area (TPSA) is 29.5 Å². The van der Waals surface area contributed by atoms with Gasteiger partial charge in [-0.05, 0) is 29.5 Å². The van der Waals surface area contributed by atoms with Gasteiger partial charge < -0.3 is 9.84 Å². The zero-order chi connectivity index (χ0) is 23.3. The highest BCUT2D eigenvalue weighted by Crippen LogP contribution is 2.46. The molecule has 0 heterocycles. The van der Waals surface area contributed by atoms with Crippen LogP contribution < -0.4 is 4.74 Å². The summed E-state index contributed by atoms with van der Waals surface area (Å²) in [7, 11) is 1.73. The first-order valence-corrected chi connectivity index (χ1v) is 11.7. The number of aromatic hydroxyl groups is 1. The summed E-state index contributed by atoms with van der Waals surface area (Å²) in [5, 5.41) is 11.6. The summed E-state index contributed by atoms with van der Waals surface area (Å²) < 4.78 is 6.05. The van der Waals surface area contributed by atoms with Crippen molar-refractivity contribution in [1.82, 2.24) is 0 Å². The van der Waals surface area contributed by atoms with Crippen LogP contribution >= 0.6 is 0 Å². The molecule has 1 aliphatic rings. The van der Waals surface area contributed by atoms with Crippen LogP contribution in [-0.2, 0) is 0 Å². The molecule has 0 radical (unpaired) electrons. The van der Waals surface area contributed by atoms with Gasteiger partial charge in [-0.15, -0.1) is 0 Å². The summed E-state index contributed by atoms with van der Waals surface area (Å²) in [4.78, 5) is 0. The summed E-state index contributed by atoms with van der Waals surface area (Å²) in [6.07, 6.45) is 8.76. The van der Waals surface area contributed by atoms with Gasteiger partial charge in [-0.1, -0.05) is 115 Å². The van der Waals surface area contributed by atoms with E-state index in [1.807, 2.05) is 66.7 Å². The SMILES string of the molecule is COc1c(C2=CCCC=C2)cccc1C(c1ccccc1)c1cccc(-c2ccccc2)c1O. The van der Waals surface area contributed by atoms with E-state index in [9.17, 15) is 5.11 Å². The number of methoxy groups -OCH3 is 1. The second-order valence-corrected chi connectivity index (χ2v) is 8.52. The minimum absolute atomic E-state index is 0.187. The van der Waals surface area contributed by atoms with Crippen molar-refractivity contribution in [3.8, 4) is 22.6 Å². The summed E-state index contributed by atoms with van der Waals surface area (Å²) in [5.41, 5.74) is 7.07. The van der Waals surface area contributed by atoms with Crippen molar-refractivity contribution < 1.29 is 9.84 Å². The van der Waals surface area contributed by atoms with Gasteiger partial charge in [0.25, 0.3) is 0 Å². The van der Waals surface area contributed by atoms with Crippen LogP contribution in [0, 0.1) is 0 Å². The lowest BCUT2D eigenvalue weighted by Gasteiger charge is -2.25. The number of rotatable bonds is 6. The number of para-hydroxylation sites is 2. The first-order chi connectivity index (χ1) is 16.8. The van der Waals surface area contributed by atoms with Crippen molar-refractivity contribution in [2.24, 2.45) is 0 Å². The largest absolute Gasteiger partial charge is 0.507 e. The fourth-order valence-corrected chi connectivity index (χ4v) is 4.87. The van der Waals surface area contributed by atoms with E-state index in [4.69, 9.17) is 4.74 Å². The Bertz CT molecular complexity index is 1330. The average Bonchev–Trinajstić information content (AvgIpc) is 2.91. The Morgan fingerprint density at radius 1 is 0.706 bits per heavy atom. The Hall–Kier alpha value is -4.04. The highest BCUT2D eigenvalue weighted by atomic mass is 16.5. The molecule has 4 aromatic carbocycles. The Balaban J connectivity index is 1.73. The molecule has 0 amide bonds. The van der Waals surface area contributed by atoms with Crippen LogP contribution in [0.2, 0.25) is 0 Å². The maximum absolute atomic E-state index is 11.6. The number of hydrogen-bond donors (Lipinski definition) is 1. The molecule has 0 saturated heterocycles. The van der Waals surface area contributed by atoms with Crippen molar-refractivity contribution in [1.29, 1.82) is 0 Å². The molecule has 1 unspecified atom stereocenters. The number of hydrogen-bond acceptors (Lipinski definition) is 2. The van der Waals surface area contributed by atoms with Gasteiger partial charge in [0, 0.05) is 28.2 Å². The van der Waals surface area contributed by atoms with Gasteiger partial charge in [-0.3, -0.25) is 0 Å². The molecule has 0 aliphatic heterocycles. The third-order valence-electron chi connectivity index (χ3n) is 6.46. The lowest BCUT2D eigenvalue weighted by atomic mass is 9.81. The highest BCUT2D eigenvalue weighted by Gasteiger charge is 2.26. The lowest BCUT2D eigenvalue weighted by molar-refractivity contribution is 0.407. The molecule has 2 nitrogen and oxygen atoms in total. The van der Waals surface area contributed by atoms with Crippen molar-refractivity contribution in [2.75, 3.05) is 7.11 Å². The van der Waals surface area contributed by atoms with Gasteiger partial charge in [-0.25, -0.2) is 0 Å². The van der Waals surface area contributed by atoms with Crippen molar-refractivity contribution in [3.05, 3.63) is 138 Å². The molecule has 34 heavy (non-hydrogen) atoms. The minimum Gasteiger partial charge on any atom is -0.507 e. The van der Waals surface area contributed by atoms with E-state index in [2.05, 4.69) is 48.6 Å². The van der Waals surface area contributed by atoms with Crippen LogP contribution in [0.1, 0.15) is 41.0 Å². The van der Waals surface area contributed by atoms with Crippen LogP contribution in [0.4, 0.5) is 0 Å². The predicted molar refractivity (Wildman–Crippen MR) is 140 cm³/mol. The predicted octanol–water partition coefficient (Wildman–Crippen LogP) is 7.98. The maximum Gasteiger partial charge on any atom is 0.130 e. The third-order valence-corrected chi connectivity index (χ3v) is 6.46. The molecule has 0 spiro atoms. The van der Waals surface area contributed by atoms with Crippen LogP contribution in [-0.4, -0.2) is 12.2 Å². The lowest BCUT2D eigenvalue weighted by Crippen LogP contribution is -2.08. The van der Waals surface area contributed by atoms with Crippen molar-refractivity contribution >= 4 is 5.57 Å². The first kappa shape index (κ1) is 21.8. The molecular formula is C32H28O2. The Morgan fingerprint density at radius 2 is 1.38 bits per heavy atom. The Labute approximate surface area is 201 Å². The van der Waals surface area contributed by atoms with Gasteiger partial charge in [0.15, 0.2) is 0 Å². The van der Waals surface area contributed by atoms with E-state index >= 15 is 0 Å². The van der Waals surface area contributed by atoms with Crippen LogP contribution in [0.5, 0.6) is 11.5 Å². The van der Waals surface area contributed by atoms with Gasteiger partial charge in [0.2, 0.25) is 0 Å². The van der Waals surface area contributed by atoms with Crippen molar-refractivity contribution in [2.45, 2.75) is 18.8 Å². The minimum atomic E-state index is -0.187. The highest BCUT2D eigenvalue weighted by molar-refractivity contribution is 5.80. The zero-order valence-corrected chi connectivity index (χ0v) is 19.3. The Morgan fingerprint density at radius 3 is 2.06 bits per heavy atom. The van der Waals surface area contributed by atoms with E-state index in [1.54, 1.807) is 7.11 Å². The van der Waals surface area contributed by atoms with Crippen LogP contribution in [0.3, 0.4) is 0 Å². The van der Waals surface area contributed by atoms with E-state index < -0.39 is 0 Å². The summed E-state index contributed by atoms with van der Waals surface area (Å²) in [5.74, 6) is 0.957. The molecule has 168 valence electrons. The van der Waals surface area contributed by atoms with Gasteiger partial charge >= 0.3 is 0 Å². The fraction of sp³-hybridized carbons (Fsp3) is 0.125. The number of ether oxygens (including phenoxy) is 1. The van der Waals surface area contributed by atoms with E-state index in [0.29, 0.717) is 5.75 Å². The summed E-state index contributed by atoms with van der Waals surface area (Å²) in [6.45, 7) is 0. The molecule has 0 bridgehead atoms. The number of phenolic OH excluding ortho intramolecular Hbond substituents is 1. The summed E-state index contributed by atoms with van der Waals surface area (Å²) in [6, 6.07) is 32.7. The fourth-order valence-electron chi connectivity index (χ4n) is 4.87. The Kier molecular flexibility index (Phi) is 6.31. The molecule has 1 atom stereocenters. The number of phenols is 1.